The largest absolute Gasteiger partial charge is 0.261 e. The highest BCUT2D eigenvalue weighted by molar-refractivity contribution is 6.58. The molecule has 0 aromatic heterocycles. The van der Waals surface area contributed by atoms with Crippen molar-refractivity contribution in [2.45, 2.75) is 138 Å². The van der Waals surface area contributed by atoms with Crippen LogP contribution in [0, 0.1) is 59.2 Å². The van der Waals surface area contributed by atoms with Crippen LogP contribution in [0.2, 0.25) is 15.8 Å². The highest BCUT2D eigenvalue weighted by atomic mass is 27.2. The van der Waals surface area contributed by atoms with E-state index in [-0.39, 0.29) is 0 Å². The van der Waals surface area contributed by atoms with E-state index in [0.717, 1.165) is 59.2 Å². The third-order valence-corrected chi connectivity index (χ3v) is 17.2. The van der Waals surface area contributed by atoms with Crippen molar-refractivity contribution in [1.82, 2.24) is 0 Å². The molecule has 10 unspecified atom stereocenters. The quantitative estimate of drug-likeness (QED) is 0.210. The third kappa shape index (κ3) is 6.35. The second-order valence-corrected chi connectivity index (χ2v) is 19.2. The average Bonchev–Trinajstić information content (AvgIpc) is 3.60. The van der Waals surface area contributed by atoms with E-state index in [9.17, 15) is 0 Å². The fourth-order valence-corrected chi connectivity index (χ4v) is 15.0. The van der Waals surface area contributed by atoms with Crippen LogP contribution in [0.25, 0.3) is 0 Å². The van der Waals surface area contributed by atoms with Gasteiger partial charge in [0.05, 0.1) is 0 Å². The molecule has 0 bridgehead atoms. The van der Waals surface area contributed by atoms with Gasteiger partial charge in [0, 0.05) is 0 Å². The summed E-state index contributed by atoms with van der Waals surface area (Å²) in [4.78, 5) is 0. The zero-order chi connectivity index (χ0) is 25.4. The molecule has 6 rings (SSSR count). The predicted molar refractivity (Wildman–Crippen MR) is 162 cm³/mol. The zero-order valence-electron chi connectivity index (χ0n) is 24.6. The lowest BCUT2D eigenvalue weighted by Crippen LogP contribution is -2.26. The molecule has 0 aliphatic heterocycles. The Morgan fingerprint density at radius 1 is 0.568 bits per heavy atom. The summed E-state index contributed by atoms with van der Waals surface area (Å²) in [6.07, 6.45) is 27.5. The third-order valence-electron chi connectivity index (χ3n) is 13.7. The van der Waals surface area contributed by atoms with E-state index < -0.39 is 14.1 Å². The molecule has 6 aliphatic rings. The minimum atomic E-state index is -0.610. The fourth-order valence-electron chi connectivity index (χ4n) is 11.3. The first-order valence-electron chi connectivity index (χ1n) is 17.4. The van der Waals surface area contributed by atoms with Crippen LogP contribution in [0.4, 0.5) is 0 Å². The first kappa shape index (κ1) is 27.2. The molecule has 10 atom stereocenters. The van der Waals surface area contributed by atoms with Gasteiger partial charge in [-0.2, -0.15) is 0 Å². The van der Waals surface area contributed by atoms with E-state index in [1.807, 2.05) is 0 Å². The average molecular weight is 519 g/mol. The predicted octanol–water partition coefficient (Wildman–Crippen LogP) is 10.9. The van der Waals surface area contributed by atoms with Gasteiger partial charge in [0.1, 0.15) is 0 Å². The lowest BCUT2D eigenvalue weighted by molar-refractivity contribution is 0.176. The molecular weight excluding hydrogens is 459 g/mol. The van der Waals surface area contributed by atoms with Gasteiger partial charge in [-0.1, -0.05) is 79.2 Å². The van der Waals surface area contributed by atoms with Gasteiger partial charge in [-0.05, 0) is 143 Å². The zero-order valence-corrected chi connectivity index (χ0v) is 25.8. The molecule has 1 heteroatoms. The summed E-state index contributed by atoms with van der Waals surface area (Å²) in [6, 6.07) is 0. The Hall–Kier alpha value is 0.0125. The fraction of sp³-hybridized carbons (Fsp3) is 0.889. The van der Waals surface area contributed by atoms with Crippen LogP contribution < -0.4 is 0 Å². The standard InChI is InChI=1S/2C12H19.C12H21.Al/c2*1-3-10-5-7-12-9(2)4-6-11(12)8-10;1-3-10-5-7-11-6-4-9(2)12(11)8-10;/h2*10-12H,1-8H2;9-12H,1,3-8H2,2H3;. The van der Waals surface area contributed by atoms with Gasteiger partial charge in [-0.25, -0.2) is 0 Å². The molecule has 0 nitrogen and oxygen atoms in total. The Bertz CT molecular complexity index is 750. The van der Waals surface area contributed by atoms with Crippen molar-refractivity contribution in [2.24, 2.45) is 59.2 Å². The van der Waals surface area contributed by atoms with E-state index in [2.05, 4.69) is 20.1 Å². The second kappa shape index (κ2) is 12.3. The van der Waals surface area contributed by atoms with Gasteiger partial charge in [-0.3, -0.25) is 0 Å². The maximum Gasteiger partial charge on any atom is 0.261 e. The van der Waals surface area contributed by atoms with Crippen LogP contribution in [0.15, 0.2) is 24.3 Å². The van der Waals surface area contributed by atoms with Crippen molar-refractivity contribution < 1.29 is 0 Å². The van der Waals surface area contributed by atoms with Gasteiger partial charge < -0.3 is 0 Å². The summed E-state index contributed by atoms with van der Waals surface area (Å²) in [5.74, 6) is 10.3. The monoisotopic (exact) mass is 518 g/mol. The van der Waals surface area contributed by atoms with Gasteiger partial charge in [0.25, 0.3) is 14.1 Å². The maximum atomic E-state index is 4.43. The summed E-state index contributed by atoms with van der Waals surface area (Å²) in [6.45, 7) is 11.4. The number of rotatable bonds is 9. The topological polar surface area (TPSA) is 0 Å². The van der Waals surface area contributed by atoms with Gasteiger partial charge in [0.2, 0.25) is 0 Å². The minimum absolute atomic E-state index is 0.610. The first-order chi connectivity index (χ1) is 18.0. The van der Waals surface area contributed by atoms with Crippen molar-refractivity contribution >= 4 is 14.1 Å². The van der Waals surface area contributed by atoms with Crippen molar-refractivity contribution in [1.29, 1.82) is 0 Å². The Labute approximate surface area is 235 Å². The molecule has 0 spiro atoms. The highest BCUT2D eigenvalue weighted by Crippen LogP contribution is 2.51. The van der Waals surface area contributed by atoms with Crippen LogP contribution in [-0.4, -0.2) is 14.1 Å². The molecule has 0 saturated heterocycles. The lowest BCUT2D eigenvalue weighted by atomic mass is 9.73. The van der Waals surface area contributed by atoms with E-state index in [0.29, 0.717) is 0 Å². The van der Waals surface area contributed by atoms with Crippen LogP contribution in [0.3, 0.4) is 0 Å². The molecule has 0 aromatic carbocycles. The van der Waals surface area contributed by atoms with Crippen LogP contribution in [0.1, 0.15) is 122 Å². The summed E-state index contributed by atoms with van der Waals surface area (Å²) in [5, 5.41) is 5.07. The Morgan fingerprint density at radius 3 is 1.62 bits per heavy atom. The van der Waals surface area contributed by atoms with Crippen molar-refractivity contribution in [3.63, 3.8) is 0 Å². The normalized spacial score (nSPS) is 43.5. The molecule has 6 saturated carbocycles. The van der Waals surface area contributed by atoms with Gasteiger partial charge in [0.15, 0.2) is 0 Å². The molecule has 0 aromatic rings. The smallest absolute Gasteiger partial charge is 0.0996 e. The maximum absolute atomic E-state index is 4.43. The summed E-state index contributed by atoms with van der Waals surface area (Å²) in [7, 11) is 0. The van der Waals surface area contributed by atoms with Crippen molar-refractivity contribution in [3.8, 4) is 0 Å². The van der Waals surface area contributed by atoms with Crippen molar-refractivity contribution in [3.05, 3.63) is 24.3 Å². The van der Waals surface area contributed by atoms with Crippen LogP contribution in [0.5, 0.6) is 0 Å². The number of hydrogen-bond acceptors (Lipinski definition) is 0. The first-order valence-corrected chi connectivity index (χ1v) is 19.8. The number of fused-ring (bicyclic) bond motifs is 3. The van der Waals surface area contributed by atoms with Crippen LogP contribution >= 0.6 is 0 Å². The molecule has 0 N–H and O–H groups in total. The lowest BCUT2D eigenvalue weighted by Gasteiger charge is -2.35. The van der Waals surface area contributed by atoms with E-state index in [1.165, 1.54) is 57.8 Å². The SMILES string of the molecule is C=C1CCC2CC(C[CH2][Al]([CH2]CC3CCC4C(=C)CCC4C3)[CH2]CC3CCC4CCC(C)C4C3)CCC12. The molecule has 0 heterocycles. The minimum Gasteiger partial charge on any atom is -0.0996 e. The van der Waals surface area contributed by atoms with Gasteiger partial charge >= 0.3 is 0 Å². The summed E-state index contributed by atoms with van der Waals surface area (Å²) in [5.41, 5.74) is 3.23. The van der Waals surface area contributed by atoms with Gasteiger partial charge in [-0.15, -0.1) is 0 Å². The van der Waals surface area contributed by atoms with Crippen molar-refractivity contribution in [2.75, 3.05) is 0 Å². The van der Waals surface area contributed by atoms with E-state index in [1.54, 1.807) is 84.8 Å². The van der Waals surface area contributed by atoms with E-state index in [4.69, 9.17) is 0 Å². The Morgan fingerprint density at radius 2 is 1.05 bits per heavy atom. The second-order valence-electron chi connectivity index (χ2n) is 15.7. The van der Waals surface area contributed by atoms with Crippen LogP contribution in [-0.2, 0) is 0 Å². The Kier molecular flexibility index (Phi) is 9.01. The number of hydrogen-bond donors (Lipinski definition) is 0. The Balaban J connectivity index is 1.00. The molecule has 0 amide bonds. The molecule has 37 heavy (non-hydrogen) atoms. The summed E-state index contributed by atoms with van der Waals surface area (Å²) < 4.78 is 0. The molecule has 6 fully saturated rings. The number of allylic oxidation sites excluding steroid dienone is 2. The molecular formula is C36H59Al. The molecule has 6 aliphatic carbocycles. The summed E-state index contributed by atoms with van der Waals surface area (Å²) >= 11 is -0.610. The molecule has 0 radical (unpaired) electrons. The van der Waals surface area contributed by atoms with E-state index >= 15 is 0 Å². The molecule has 206 valence electrons. The highest BCUT2D eigenvalue weighted by Gasteiger charge is 2.40.